The van der Waals surface area contributed by atoms with E-state index in [-0.39, 0.29) is 0 Å². The SMILES string of the molecule is [B]C(C)C(C)CC(C)C. The van der Waals surface area contributed by atoms with Gasteiger partial charge in [0.25, 0.3) is 0 Å². The summed E-state index contributed by atoms with van der Waals surface area (Å²) >= 11 is 0. The monoisotopic (exact) mass is 124 g/mol. The summed E-state index contributed by atoms with van der Waals surface area (Å²) in [7, 11) is 5.68. The van der Waals surface area contributed by atoms with E-state index in [9.17, 15) is 0 Å². The quantitative estimate of drug-likeness (QED) is 0.507. The lowest BCUT2D eigenvalue weighted by atomic mass is 9.76. The van der Waals surface area contributed by atoms with Gasteiger partial charge in [0.2, 0.25) is 0 Å². The highest BCUT2D eigenvalue weighted by molar-refractivity contribution is 6.11. The fraction of sp³-hybridized carbons (Fsp3) is 1.00. The Morgan fingerprint density at radius 1 is 1.11 bits per heavy atom. The molecule has 0 aliphatic heterocycles. The van der Waals surface area contributed by atoms with Gasteiger partial charge in [-0.05, 0) is 18.3 Å². The third-order valence-electron chi connectivity index (χ3n) is 1.74. The second-order valence-electron chi connectivity index (χ2n) is 3.47. The van der Waals surface area contributed by atoms with Crippen LogP contribution in [0, 0.1) is 11.8 Å². The maximum Gasteiger partial charge on any atom is 0.0699 e. The average molecular weight is 124 g/mol. The minimum atomic E-state index is 0.354. The lowest BCUT2D eigenvalue weighted by Gasteiger charge is -2.17. The minimum absolute atomic E-state index is 0.354. The summed E-state index contributed by atoms with van der Waals surface area (Å²) < 4.78 is 0. The van der Waals surface area contributed by atoms with Crippen LogP contribution in [0.3, 0.4) is 0 Å². The normalized spacial score (nSPS) is 17.9. The molecule has 0 nitrogen and oxygen atoms in total. The van der Waals surface area contributed by atoms with Gasteiger partial charge < -0.3 is 0 Å². The van der Waals surface area contributed by atoms with Crippen LogP contribution in [0.1, 0.15) is 34.1 Å². The van der Waals surface area contributed by atoms with Crippen LogP contribution in [0.2, 0.25) is 5.82 Å². The van der Waals surface area contributed by atoms with Crippen LogP contribution in [0.25, 0.3) is 0 Å². The zero-order valence-electron chi connectivity index (χ0n) is 7.02. The molecule has 0 heterocycles. The second-order valence-corrected chi connectivity index (χ2v) is 3.47. The van der Waals surface area contributed by atoms with Gasteiger partial charge in [-0.2, -0.15) is 0 Å². The van der Waals surface area contributed by atoms with Crippen molar-refractivity contribution < 1.29 is 0 Å². The summed E-state index contributed by atoms with van der Waals surface area (Å²) in [6.07, 6.45) is 1.25. The van der Waals surface area contributed by atoms with E-state index in [1.54, 1.807) is 0 Å². The van der Waals surface area contributed by atoms with Gasteiger partial charge >= 0.3 is 0 Å². The van der Waals surface area contributed by atoms with Crippen molar-refractivity contribution in [1.82, 2.24) is 0 Å². The standard InChI is InChI=1S/C8H17B/c1-6(2)5-7(3)8(4)9/h6-8H,5H2,1-4H3. The van der Waals surface area contributed by atoms with Crippen LogP contribution in [0.4, 0.5) is 0 Å². The lowest BCUT2D eigenvalue weighted by molar-refractivity contribution is 0.429. The minimum Gasteiger partial charge on any atom is -0.0776 e. The van der Waals surface area contributed by atoms with Crippen molar-refractivity contribution in [2.45, 2.75) is 39.9 Å². The van der Waals surface area contributed by atoms with E-state index >= 15 is 0 Å². The molecular weight excluding hydrogens is 107 g/mol. The topological polar surface area (TPSA) is 0 Å². The number of hydrogen-bond donors (Lipinski definition) is 0. The largest absolute Gasteiger partial charge is 0.0776 e. The summed E-state index contributed by atoms with van der Waals surface area (Å²) in [5, 5.41) is 0. The van der Waals surface area contributed by atoms with Crippen LogP contribution in [0.15, 0.2) is 0 Å². The molecule has 0 aromatic heterocycles. The molecule has 0 rings (SSSR count). The van der Waals surface area contributed by atoms with Gasteiger partial charge in [-0.3, -0.25) is 0 Å². The molecule has 0 aromatic carbocycles. The summed E-state index contributed by atoms with van der Waals surface area (Å²) in [5.74, 6) is 1.81. The Kier molecular flexibility index (Phi) is 4.00. The Labute approximate surface area is 60.4 Å². The van der Waals surface area contributed by atoms with Crippen molar-refractivity contribution in [2.24, 2.45) is 11.8 Å². The van der Waals surface area contributed by atoms with E-state index in [4.69, 9.17) is 7.85 Å². The smallest absolute Gasteiger partial charge is 0.0699 e. The fourth-order valence-electron chi connectivity index (χ4n) is 0.958. The Hall–Kier alpha value is 0.0649. The highest BCUT2D eigenvalue weighted by atomic mass is 14.1. The summed E-state index contributed by atoms with van der Waals surface area (Å²) in [6.45, 7) is 8.76. The maximum atomic E-state index is 5.68. The van der Waals surface area contributed by atoms with Gasteiger partial charge in [0, 0.05) is 0 Å². The zero-order valence-corrected chi connectivity index (χ0v) is 7.02. The first kappa shape index (κ1) is 9.06. The maximum absolute atomic E-state index is 5.68. The van der Waals surface area contributed by atoms with E-state index < -0.39 is 0 Å². The van der Waals surface area contributed by atoms with Gasteiger partial charge in [0.1, 0.15) is 0 Å². The molecule has 2 radical (unpaired) electrons. The van der Waals surface area contributed by atoms with Gasteiger partial charge in [-0.25, -0.2) is 0 Å². The predicted octanol–water partition coefficient (Wildman–Crippen LogP) is 2.65. The molecule has 0 aromatic rings. The first-order valence-electron chi connectivity index (χ1n) is 3.79. The van der Waals surface area contributed by atoms with Crippen LogP contribution in [-0.4, -0.2) is 7.85 Å². The van der Waals surface area contributed by atoms with Crippen molar-refractivity contribution in [3.8, 4) is 0 Å². The van der Waals surface area contributed by atoms with E-state index in [1.807, 2.05) is 0 Å². The number of rotatable bonds is 3. The van der Waals surface area contributed by atoms with Crippen molar-refractivity contribution in [2.75, 3.05) is 0 Å². The average Bonchev–Trinajstić information content (AvgIpc) is 1.63. The van der Waals surface area contributed by atoms with Crippen LogP contribution >= 0.6 is 0 Å². The second kappa shape index (κ2) is 3.97. The summed E-state index contributed by atoms with van der Waals surface area (Å²) in [6, 6.07) is 0. The molecule has 0 fully saturated rings. The molecule has 2 unspecified atom stereocenters. The molecule has 0 spiro atoms. The molecule has 0 amide bonds. The van der Waals surface area contributed by atoms with E-state index in [0.29, 0.717) is 11.7 Å². The molecule has 0 aliphatic rings. The highest BCUT2D eigenvalue weighted by Crippen LogP contribution is 2.20. The Morgan fingerprint density at radius 2 is 1.56 bits per heavy atom. The highest BCUT2D eigenvalue weighted by Gasteiger charge is 2.07. The summed E-state index contributed by atoms with van der Waals surface area (Å²) in [4.78, 5) is 0. The third kappa shape index (κ3) is 4.56. The Morgan fingerprint density at radius 3 is 1.67 bits per heavy atom. The van der Waals surface area contributed by atoms with Crippen molar-refractivity contribution in [3.63, 3.8) is 0 Å². The van der Waals surface area contributed by atoms with Crippen LogP contribution < -0.4 is 0 Å². The molecule has 52 valence electrons. The van der Waals surface area contributed by atoms with Crippen molar-refractivity contribution in [1.29, 1.82) is 0 Å². The lowest BCUT2D eigenvalue weighted by Crippen LogP contribution is -2.05. The molecule has 0 N–H and O–H groups in total. The van der Waals surface area contributed by atoms with Crippen molar-refractivity contribution >= 4 is 7.85 Å². The number of hydrogen-bond acceptors (Lipinski definition) is 0. The van der Waals surface area contributed by atoms with E-state index in [2.05, 4.69) is 27.7 Å². The molecule has 9 heavy (non-hydrogen) atoms. The van der Waals surface area contributed by atoms with E-state index in [1.165, 1.54) is 6.42 Å². The van der Waals surface area contributed by atoms with Crippen LogP contribution in [-0.2, 0) is 0 Å². The molecule has 0 saturated carbocycles. The first-order chi connectivity index (χ1) is 4.04. The van der Waals surface area contributed by atoms with Crippen molar-refractivity contribution in [3.05, 3.63) is 0 Å². The van der Waals surface area contributed by atoms with Gasteiger partial charge in [-0.15, -0.1) is 0 Å². The molecule has 0 bridgehead atoms. The van der Waals surface area contributed by atoms with Gasteiger partial charge in [0.15, 0.2) is 0 Å². The first-order valence-corrected chi connectivity index (χ1v) is 3.79. The molecule has 0 saturated heterocycles. The Balaban J connectivity index is 3.38. The van der Waals surface area contributed by atoms with Crippen LogP contribution in [0.5, 0.6) is 0 Å². The summed E-state index contributed by atoms with van der Waals surface area (Å²) in [5.41, 5.74) is 0. The molecule has 0 aliphatic carbocycles. The molecular formula is C8H17B. The predicted molar refractivity (Wildman–Crippen MR) is 43.8 cm³/mol. The van der Waals surface area contributed by atoms with E-state index in [0.717, 1.165) is 5.92 Å². The zero-order chi connectivity index (χ0) is 7.44. The van der Waals surface area contributed by atoms with Gasteiger partial charge in [-0.1, -0.05) is 33.5 Å². The van der Waals surface area contributed by atoms with Gasteiger partial charge in [0.05, 0.1) is 7.85 Å². The third-order valence-corrected chi connectivity index (χ3v) is 1.74. The Bertz CT molecular complexity index is 67.0. The molecule has 2 atom stereocenters. The fourth-order valence-corrected chi connectivity index (χ4v) is 0.958. The molecule has 1 heteroatoms.